The number of hydrogen-bond donors (Lipinski definition) is 1. The maximum absolute atomic E-state index is 12.8. The van der Waals surface area contributed by atoms with Crippen LogP contribution in [0.1, 0.15) is 10.4 Å². The number of hydrogen-bond acceptors (Lipinski definition) is 2. The Morgan fingerprint density at radius 3 is 2.69 bits per heavy atom. The molecule has 1 aromatic rings. The smallest absolute Gasteiger partial charge is 0.178 e. The maximum atomic E-state index is 12.8. The summed E-state index contributed by atoms with van der Waals surface area (Å²) in [6, 6.07) is 2.32. The van der Waals surface area contributed by atoms with E-state index in [1.54, 1.807) is 0 Å². The molecule has 0 heterocycles. The zero-order valence-corrected chi connectivity index (χ0v) is 8.69. The van der Waals surface area contributed by atoms with E-state index in [0.29, 0.717) is 0 Å². The summed E-state index contributed by atoms with van der Waals surface area (Å²) in [5, 5.41) is 9.03. The molecule has 5 heteroatoms. The minimum atomic E-state index is -0.786. The van der Waals surface area contributed by atoms with Gasteiger partial charge >= 0.3 is 0 Å². The number of rotatable bonds is 2. The van der Waals surface area contributed by atoms with Gasteiger partial charge in [-0.2, -0.15) is 0 Å². The predicted octanol–water partition coefficient (Wildman–Crippen LogP) is 2.72. The molecular weight excluding hydrogens is 262 g/mol. The summed E-state index contributed by atoms with van der Waals surface area (Å²) in [7, 11) is 0. The van der Waals surface area contributed by atoms with Crippen molar-refractivity contribution in [3.05, 3.63) is 28.0 Å². The Balaban J connectivity index is 3.20. The highest BCUT2D eigenvalue weighted by Crippen LogP contribution is 2.26. The number of benzene rings is 1. The van der Waals surface area contributed by atoms with E-state index < -0.39 is 11.6 Å². The first-order valence-electron chi connectivity index (χ1n) is 3.33. The van der Waals surface area contributed by atoms with Crippen molar-refractivity contribution in [1.29, 1.82) is 0 Å². The number of carbonyl (C=O) groups is 1. The largest absolute Gasteiger partial charge is 0.505 e. The predicted molar refractivity (Wildman–Crippen MR) is 50.8 cm³/mol. The van der Waals surface area contributed by atoms with E-state index in [-0.39, 0.29) is 21.7 Å². The summed E-state index contributed by atoms with van der Waals surface area (Å²) in [5.74, 6) is -1.91. The van der Waals surface area contributed by atoms with Gasteiger partial charge in [-0.3, -0.25) is 4.79 Å². The van der Waals surface area contributed by atoms with Crippen LogP contribution in [0.15, 0.2) is 16.6 Å². The van der Waals surface area contributed by atoms with Crippen molar-refractivity contribution in [2.75, 3.05) is 5.88 Å². The molecule has 0 atom stereocenters. The highest BCUT2D eigenvalue weighted by atomic mass is 79.9. The van der Waals surface area contributed by atoms with Crippen LogP contribution in [-0.2, 0) is 0 Å². The molecule has 0 amide bonds. The highest BCUT2D eigenvalue weighted by Gasteiger charge is 2.11. The quantitative estimate of drug-likeness (QED) is 0.661. The zero-order valence-electron chi connectivity index (χ0n) is 6.35. The molecule has 0 aliphatic carbocycles. The number of ketones is 1. The minimum absolute atomic E-state index is 0.0426. The number of aromatic hydroxyl groups is 1. The van der Waals surface area contributed by atoms with Crippen molar-refractivity contribution in [2.24, 2.45) is 0 Å². The lowest BCUT2D eigenvalue weighted by Gasteiger charge is -2.01. The second-order valence-corrected chi connectivity index (χ2v) is 3.47. The number of Topliss-reactive ketones (excluding diaryl/α,β-unsaturated/α-hetero) is 1. The van der Waals surface area contributed by atoms with Crippen molar-refractivity contribution in [1.82, 2.24) is 0 Å². The van der Waals surface area contributed by atoms with E-state index in [1.807, 2.05) is 0 Å². The van der Waals surface area contributed by atoms with Crippen LogP contribution < -0.4 is 0 Å². The Bertz CT molecular complexity index is 331. The van der Waals surface area contributed by atoms with Gasteiger partial charge in [0.05, 0.1) is 10.4 Å². The second-order valence-electron chi connectivity index (χ2n) is 2.35. The summed E-state index contributed by atoms with van der Waals surface area (Å²) in [6.45, 7) is 0. The van der Waals surface area contributed by atoms with Crippen molar-refractivity contribution < 1.29 is 14.3 Å². The molecule has 13 heavy (non-hydrogen) atoms. The van der Waals surface area contributed by atoms with E-state index in [2.05, 4.69) is 15.9 Å². The Hall–Kier alpha value is -0.610. The number of carbonyl (C=O) groups excluding carboxylic acids is 1. The van der Waals surface area contributed by atoms with Crippen LogP contribution in [0.5, 0.6) is 5.75 Å². The molecule has 1 rings (SSSR count). The Morgan fingerprint density at radius 2 is 2.23 bits per heavy atom. The second kappa shape index (κ2) is 4.07. The fourth-order valence-electron chi connectivity index (χ4n) is 0.813. The highest BCUT2D eigenvalue weighted by molar-refractivity contribution is 9.10. The number of alkyl halides is 1. The normalized spacial score (nSPS) is 10.1. The van der Waals surface area contributed by atoms with Crippen LogP contribution in [0.2, 0.25) is 0 Å². The van der Waals surface area contributed by atoms with Crippen LogP contribution in [0.25, 0.3) is 0 Å². The summed E-state index contributed by atoms with van der Waals surface area (Å²) in [6.07, 6.45) is 0. The topological polar surface area (TPSA) is 37.3 Å². The minimum Gasteiger partial charge on any atom is -0.505 e. The number of phenols is 1. The van der Waals surface area contributed by atoms with Gasteiger partial charge in [0.25, 0.3) is 0 Å². The lowest BCUT2D eigenvalue weighted by atomic mass is 10.1. The first-order valence-corrected chi connectivity index (χ1v) is 4.66. The SMILES string of the molecule is O=C(CCl)c1cc(O)c(F)c(Br)c1. The molecule has 0 bridgehead atoms. The van der Waals surface area contributed by atoms with Crippen molar-refractivity contribution >= 4 is 33.3 Å². The molecular formula is C8H5BrClFO2. The molecule has 0 spiro atoms. The standard InChI is InChI=1S/C8H5BrClFO2/c9-5-1-4(7(13)3-10)2-6(12)8(5)11/h1-2,12H,3H2. The molecule has 2 nitrogen and oxygen atoms in total. The maximum Gasteiger partial charge on any atom is 0.178 e. The first-order chi connectivity index (χ1) is 6.06. The lowest BCUT2D eigenvalue weighted by Crippen LogP contribution is -2.00. The first kappa shape index (κ1) is 10.5. The Labute approximate surface area is 87.5 Å². The summed E-state index contributed by atoms with van der Waals surface area (Å²) in [5.41, 5.74) is 0.181. The summed E-state index contributed by atoms with van der Waals surface area (Å²) >= 11 is 8.15. The number of halogens is 3. The zero-order chi connectivity index (χ0) is 10.0. The van der Waals surface area contributed by atoms with Crippen LogP contribution in [0.3, 0.4) is 0 Å². The van der Waals surface area contributed by atoms with Gasteiger partial charge in [0.2, 0.25) is 0 Å². The number of phenolic OH excluding ortho intramolecular Hbond substituents is 1. The van der Waals surface area contributed by atoms with Gasteiger partial charge in [-0.15, -0.1) is 11.6 Å². The molecule has 0 aliphatic rings. The molecule has 0 aliphatic heterocycles. The molecule has 1 N–H and O–H groups in total. The van der Waals surface area contributed by atoms with Gasteiger partial charge in [0.1, 0.15) is 0 Å². The van der Waals surface area contributed by atoms with Crippen LogP contribution in [0, 0.1) is 5.82 Å². The third-order valence-corrected chi connectivity index (χ3v) is 2.27. The van der Waals surface area contributed by atoms with Crippen molar-refractivity contribution in [2.45, 2.75) is 0 Å². The fourth-order valence-corrected chi connectivity index (χ4v) is 1.42. The fraction of sp³-hybridized carbons (Fsp3) is 0.125. The van der Waals surface area contributed by atoms with E-state index >= 15 is 0 Å². The molecule has 0 saturated carbocycles. The van der Waals surface area contributed by atoms with Gasteiger partial charge in [-0.05, 0) is 28.1 Å². The third kappa shape index (κ3) is 2.19. The van der Waals surface area contributed by atoms with Gasteiger partial charge in [0.15, 0.2) is 17.3 Å². The monoisotopic (exact) mass is 266 g/mol. The van der Waals surface area contributed by atoms with Gasteiger partial charge in [-0.25, -0.2) is 4.39 Å². The summed E-state index contributed by atoms with van der Waals surface area (Å²) in [4.78, 5) is 11.0. The summed E-state index contributed by atoms with van der Waals surface area (Å²) < 4.78 is 12.9. The molecule has 70 valence electrons. The molecule has 0 unspecified atom stereocenters. The van der Waals surface area contributed by atoms with Crippen LogP contribution >= 0.6 is 27.5 Å². The molecule has 0 aromatic heterocycles. The van der Waals surface area contributed by atoms with Crippen LogP contribution in [0.4, 0.5) is 4.39 Å². The average molecular weight is 267 g/mol. The third-order valence-electron chi connectivity index (χ3n) is 1.45. The van der Waals surface area contributed by atoms with E-state index in [1.165, 1.54) is 6.07 Å². The molecule has 0 radical (unpaired) electrons. The van der Waals surface area contributed by atoms with Crippen molar-refractivity contribution in [3.63, 3.8) is 0 Å². The van der Waals surface area contributed by atoms with E-state index in [4.69, 9.17) is 16.7 Å². The molecule has 0 fully saturated rings. The van der Waals surface area contributed by atoms with Gasteiger partial charge in [-0.1, -0.05) is 0 Å². The van der Waals surface area contributed by atoms with E-state index in [9.17, 15) is 9.18 Å². The lowest BCUT2D eigenvalue weighted by molar-refractivity contribution is 0.102. The van der Waals surface area contributed by atoms with Gasteiger partial charge < -0.3 is 5.11 Å². The molecule has 0 saturated heterocycles. The van der Waals surface area contributed by atoms with E-state index in [0.717, 1.165) is 6.07 Å². The van der Waals surface area contributed by atoms with Gasteiger partial charge in [0, 0.05) is 5.56 Å². The van der Waals surface area contributed by atoms with Crippen molar-refractivity contribution in [3.8, 4) is 5.75 Å². The molecule has 1 aromatic carbocycles. The Morgan fingerprint density at radius 1 is 1.62 bits per heavy atom. The van der Waals surface area contributed by atoms with Crippen LogP contribution in [-0.4, -0.2) is 16.8 Å². The average Bonchev–Trinajstić information content (AvgIpc) is 2.12. The Kier molecular flexibility index (Phi) is 3.27.